The molecule has 4 rings (SSSR count). The number of aromatic nitrogens is 2. The molecule has 1 aliphatic heterocycles. The summed E-state index contributed by atoms with van der Waals surface area (Å²) < 4.78 is 20.4. The number of nitroso groups, excluding NO2 is 1. The van der Waals surface area contributed by atoms with E-state index in [2.05, 4.69) is 15.1 Å². The number of halogens is 1. The monoisotopic (exact) mass is 528 g/mol. The van der Waals surface area contributed by atoms with Crippen molar-refractivity contribution in [3.8, 4) is 0 Å². The third-order valence-electron chi connectivity index (χ3n) is 6.10. The van der Waals surface area contributed by atoms with E-state index in [1.54, 1.807) is 18.2 Å². The highest BCUT2D eigenvalue weighted by Gasteiger charge is 2.36. The number of rotatable bonds is 9. The molecule has 0 aliphatic carbocycles. The van der Waals surface area contributed by atoms with Crippen LogP contribution in [0.1, 0.15) is 43.7 Å². The van der Waals surface area contributed by atoms with Gasteiger partial charge in [0.15, 0.2) is 5.76 Å². The molecule has 12 heteroatoms. The van der Waals surface area contributed by atoms with E-state index in [1.807, 2.05) is 0 Å². The summed E-state index contributed by atoms with van der Waals surface area (Å²) in [6, 6.07) is 4.77. The van der Waals surface area contributed by atoms with Gasteiger partial charge in [0.25, 0.3) is 5.91 Å². The summed E-state index contributed by atoms with van der Waals surface area (Å²) in [7, 11) is 5.74. The van der Waals surface area contributed by atoms with Crippen molar-refractivity contribution in [2.24, 2.45) is 5.18 Å². The molecule has 194 valence electrons. The fourth-order valence-electron chi connectivity index (χ4n) is 4.48. The van der Waals surface area contributed by atoms with Crippen LogP contribution >= 0.6 is 11.6 Å². The first-order chi connectivity index (χ1) is 17.9. The maximum Gasteiger partial charge on any atom is 0.354 e. The summed E-state index contributed by atoms with van der Waals surface area (Å²) in [5.41, 5.74) is 3.21. The number of ether oxygens (including phenoxy) is 4. The molecule has 2 N–H and O–H groups in total. The van der Waals surface area contributed by atoms with Crippen molar-refractivity contribution in [3.63, 3.8) is 0 Å². The summed E-state index contributed by atoms with van der Waals surface area (Å²) in [5, 5.41) is 3.70. The molecule has 2 aromatic heterocycles. The lowest BCUT2D eigenvalue weighted by atomic mass is 9.98. The maximum atomic E-state index is 13.8. The van der Waals surface area contributed by atoms with Crippen LogP contribution in [0.25, 0.3) is 22.7 Å². The van der Waals surface area contributed by atoms with Gasteiger partial charge >= 0.3 is 5.97 Å². The van der Waals surface area contributed by atoms with E-state index in [0.717, 1.165) is 5.56 Å². The van der Waals surface area contributed by atoms with Crippen molar-refractivity contribution in [1.82, 2.24) is 9.97 Å². The van der Waals surface area contributed by atoms with E-state index in [1.165, 1.54) is 51.9 Å². The first-order valence-electron chi connectivity index (χ1n) is 11.1. The standard InChI is InChI=1S/C25H25ClN4O7/c1-34-6-5-13-7-17(27-22(13)20(36-3)12-35-2)24(31)30-11-14(10-26)21-15-8-18(25(32)37-4)28-23(15)16(29-33)9-19(21)30/h5-9,12,14,27-28H,10-11H2,1-4H3/b6-5+,20-12-. The van der Waals surface area contributed by atoms with E-state index in [4.69, 9.17) is 30.5 Å². The number of aromatic amines is 2. The van der Waals surface area contributed by atoms with E-state index in [-0.39, 0.29) is 41.3 Å². The Hall–Kier alpha value is -4.25. The number of amides is 1. The average Bonchev–Trinajstić information content (AvgIpc) is 3.64. The molecule has 37 heavy (non-hydrogen) atoms. The molecule has 0 bridgehead atoms. The summed E-state index contributed by atoms with van der Waals surface area (Å²) >= 11 is 6.31. The van der Waals surface area contributed by atoms with Gasteiger partial charge in [-0.25, -0.2) is 4.79 Å². The highest BCUT2D eigenvalue weighted by molar-refractivity contribution is 6.19. The number of anilines is 1. The van der Waals surface area contributed by atoms with Crippen molar-refractivity contribution in [3.05, 3.63) is 63.8 Å². The number of fused-ring (bicyclic) bond motifs is 3. The number of carbonyl (C=O) groups is 2. The number of alkyl halides is 1. The van der Waals surface area contributed by atoms with Crippen LogP contribution < -0.4 is 4.90 Å². The highest BCUT2D eigenvalue weighted by atomic mass is 35.5. The van der Waals surface area contributed by atoms with Crippen molar-refractivity contribution >= 4 is 57.6 Å². The van der Waals surface area contributed by atoms with Gasteiger partial charge in [-0.3, -0.25) is 4.79 Å². The van der Waals surface area contributed by atoms with Crippen LogP contribution in [0.4, 0.5) is 11.4 Å². The molecule has 1 amide bonds. The van der Waals surface area contributed by atoms with E-state index in [9.17, 15) is 14.5 Å². The molecular formula is C25H25ClN4O7. The van der Waals surface area contributed by atoms with Crippen LogP contribution in [0.2, 0.25) is 0 Å². The highest BCUT2D eigenvalue weighted by Crippen LogP contribution is 2.46. The van der Waals surface area contributed by atoms with Crippen molar-refractivity contribution in [1.29, 1.82) is 0 Å². The number of hydrogen-bond donors (Lipinski definition) is 2. The molecule has 0 radical (unpaired) electrons. The molecule has 3 aromatic rings. The Balaban J connectivity index is 1.85. The molecule has 0 saturated carbocycles. The average molecular weight is 529 g/mol. The van der Waals surface area contributed by atoms with Gasteiger partial charge in [-0.05, 0) is 35.0 Å². The van der Waals surface area contributed by atoms with Crippen LogP contribution in [0.15, 0.2) is 35.9 Å². The number of carbonyl (C=O) groups excluding carboxylic acids is 2. The Morgan fingerprint density at radius 3 is 2.51 bits per heavy atom. The number of nitrogens with zero attached hydrogens (tertiary/aromatic N) is 2. The first kappa shape index (κ1) is 25.8. The number of H-pyrrole nitrogens is 2. The minimum Gasteiger partial charge on any atom is -0.504 e. The van der Waals surface area contributed by atoms with Crippen molar-refractivity contribution < 1.29 is 28.5 Å². The van der Waals surface area contributed by atoms with Gasteiger partial charge in [-0.2, -0.15) is 0 Å². The van der Waals surface area contributed by atoms with Gasteiger partial charge in [0, 0.05) is 29.3 Å². The second-order valence-electron chi connectivity index (χ2n) is 8.12. The second kappa shape index (κ2) is 10.8. The Labute approximate surface area is 216 Å². The van der Waals surface area contributed by atoms with Gasteiger partial charge < -0.3 is 33.8 Å². The summed E-state index contributed by atoms with van der Waals surface area (Å²) in [5.74, 6) is -0.630. The van der Waals surface area contributed by atoms with Gasteiger partial charge in [-0.1, -0.05) is 0 Å². The van der Waals surface area contributed by atoms with Gasteiger partial charge in [0.2, 0.25) is 0 Å². The summed E-state index contributed by atoms with van der Waals surface area (Å²) in [6.45, 7) is 0.260. The zero-order chi connectivity index (χ0) is 26.7. The summed E-state index contributed by atoms with van der Waals surface area (Å²) in [4.78, 5) is 45.2. The largest absolute Gasteiger partial charge is 0.504 e. The third kappa shape index (κ3) is 4.53. The zero-order valence-corrected chi connectivity index (χ0v) is 21.3. The molecule has 3 heterocycles. The topological polar surface area (TPSA) is 135 Å². The van der Waals surface area contributed by atoms with Gasteiger partial charge in [0.1, 0.15) is 23.3 Å². The molecule has 1 atom stereocenters. The Morgan fingerprint density at radius 2 is 1.89 bits per heavy atom. The molecular weight excluding hydrogens is 504 g/mol. The number of methoxy groups -OCH3 is 4. The molecule has 1 aromatic carbocycles. The first-order valence-corrected chi connectivity index (χ1v) is 11.6. The lowest BCUT2D eigenvalue weighted by Crippen LogP contribution is -2.30. The van der Waals surface area contributed by atoms with E-state index < -0.39 is 5.97 Å². The van der Waals surface area contributed by atoms with Crippen molar-refractivity contribution in [2.75, 3.05) is 45.8 Å². The zero-order valence-electron chi connectivity index (χ0n) is 20.6. The van der Waals surface area contributed by atoms with E-state index >= 15 is 0 Å². The Morgan fingerprint density at radius 1 is 1.11 bits per heavy atom. The van der Waals surface area contributed by atoms with Crippen LogP contribution in [-0.4, -0.2) is 62.7 Å². The number of nitrogens with one attached hydrogen (secondary N) is 2. The van der Waals surface area contributed by atoms with Crippen LogP contribution in [-0.2, 0) is 18.9 Å². The van der Waals surface area contributed by atoms with Crippen LogP contribution in [0.3, 0.4) is 0 Å². The molecule has 0 fully saturated rings. The van der Waals surface area contributed by atoms with Crippen LogP contribution in [0, 0.1) is 4.91 Å². The molecule has 0 saturated heterocycles. The Bertz CT molecular complexity index is 1420. The number of esters is 1. The quantitative estimate of drug-likeness (QED) is 0.175. The minimum atomic E-state index is -0.594. The van der Waals surface area contributed by atoms with Crippen molar-refractivity contribution in [2.45, 2.75) is 5.92 Å². The molecule has 1 unspecified atom stereocenters. The minimum absolute atomic E-state index is 0.0533. The second-order valence-corrected chi connectivity index (χ2v) is 8.43. The predicted molar refractivity (Wildman–Crippen MR) is 139 cm³/mol. The molecule has 0 spiro atoms. The van der Waals surface area contributed by atoms with Gasteiger partial charge in [-0.15, -0.1) is 16.5 Å². The van der Waals surface area contributed by atoms with Crippen LogP contribution in [0.5, 0.6) is 0 Å². The normalized spacial score (nSPS) is 15.2. The fraction of sp³-hybridized carbons (Fsp3) is 0.280. The predicted octanol–water partition coefficient (Wildman–Crippen LogP) is 4.87. The smallest absolute Gasteiger partial charge is 0.354 e. The lowest BCUT2D eigenvalue weighted by molar-refractivity contribution is 0.0595. The number of hydrogen-bond acceptors (Lipinski definition) is 8. The number of benzene rings is 1. The Kier molecular flexibility index (Phi) is 7.53. The molecule has 11 nitrogen and oxygen atoms in total. The fourth-order valence-corrected chi connectivity index (χ4v) is 4.73. The van der Waals surface area contributed by atoms with E-state index in [0.29, 0.717) is 33.6 Å². The SMILES string of the molecule is CO/C=C(\OC)c1[nH]c(C(=O)N2CC(CCl)c3c2cc(N=O)c2[nH]c(C(=O)OC)cc32)cc1/C=C/OC. The third-order valence-corrected chi connectivity index (χ3v) is 6.48. The maximum absolute atomic E-state index is 13.8. The van der Waals surface area contributed by atoms with Gasteiger partial charge in [0.05, 0.1) is 51.6 Å². The summed E-state index contributed by atoms with van der Waals surface area (Å²) in [6.07, 6.45) is 4.55. The lowest BCUT2D eigenvalue weighted by Gasteiger charge is -2.17. The molecule has 1 aliphatic rings.